The topological polar surface area (TPSA) is 49.4 Å². The van der Waals surface area contributed by atoms with Gasteiger partial charge in [0.25, 0.3) is 0 Å². The molecule has 1 aliphatic rings. The Morgan fingerprint density at radius 2 is 1.95 bits per heavy atom. The lowest BCUT2D eigenvalue weighted by Crippen LogP contribution is -2.44. The van der Waals surface area contributed by atoms with Crippen LogP contribution in [0.1, 0.15) is 18.4 Å². The molecular weight excluding hydrogens is 347 g/mol. The van der Waals surface area contributed by atoms with Crippen LogP contribution in [-0.2, 0) is 10.0 Å². The molecule has 0 aromatic heterocycles. The molecule has 1 saturated heterocycles. The molecule has 1 aromatic rings. The Morgan fingerprint density at radius 1 is 1.35 bits per heavy atom. The van der Waals surface area contributed by atoms with Crippen LogP contribution in [0.25, 0.3) is 0 Å². The molecular formula is C13H18BrFN2O2S. The number of nitrogens with zero attached hydrogens (tertiary/aromatic N) is 1. The third-order valence-corrected chi connectivity index (χ3v) is 6.35. The maximum Gasteiger partial charge on any atom is 0.243 e. The van der Waals surface area contributed by atoms with Gasteiger partial charge in [-0.15, -0.1) is 0 Å². The molecule has 2 rings (SSSR count). The van der Waals surface area contributed by atoms with Crippen LogP contribution in [0.15, 0.2) is 21.5 Å². The summed E-state index contributed by atoms with van der Waals surface area (Å²) in [5.74, 6) is -0.449. The fourth-order valence-electron chi connectivity index (χ4n) is 2.43. The number of benzene rings is 1. The zero-order valence-electron chi connectivity index (χ0n) is 11.5. The first-order valence-corrected chi connectivity index (χ1v) is 8.72. The Balaban J connectivity index is 2.30. The Labute approximate surface area is 127 Å². The summed E-state index contributed by atoms with van der Waals surface area (Å²) in [5.41, 5.74) is 0.432. The summed E-state index contributed by atoms with van der Waals surface area (Å²) in [6, 6.07) is 2.96. The van der Waals surface area contributed by atoms with Crippen LogP contribution in [0, 0.1) is 12.7 Å². The summed E-state index contributed by atoms with van der Waals surface area (Å²) in [6.45, 7) is 2.59. The van der Waals surface area contributed by atoms with Gasteiger partial charge in [0.1, 0.15) is 5.82 Å². The first-order chi connectivity index (χ1) is 9.36. The van der Waals surface area contributed by atoms with E-state index < -0.39 is 15.8 Å². The maximum atomic E-state index is 13.4. The van der Waals surface area contributed by atoms with Crippen molar-refractivity contribution in [3.8, 4) is 0 Å². The van der Waals surface area contributed by atoms with Crippen LogP contribution in [0.2, 0.25) is 0 Å². The normalized spacial score (nSPS) is 18.4. The lowest BCUT2D eigenvalue weighted by Gasteiger charge is -2.31. The Morgan fingerprint density at radius 3 is 2.50 bits per heavy atom. The SMILES string of the molecule is CNC1CCN(S(=O)(=O)c2cc(Br)c(F)cc2C)CC1. The molecule has 1 fully saturated rings. The maximum absolute atomic E-state index is 13.4. The fourth-order valence-corrected chi connectivity index (χ4v) is 4.63. The molecule has 0 saturated carbocycles. The minimum absolute atomic E-state index is 0.173. The van der Waals surface area contributed by atoms with Gasteiger partial charge in [-0.2, -0.15) is 4.31 Å². The molecule has 4 nitrogen and oxygen atoms in total. The molecule has 0 aliphatic carbocycles. The van der Waals surface area contributed by atoms with E-state index >= 15 is 0 Å². The van der Waals surface area contributed by atoms with Crippen LogP contribution in [0.3, 0.4) is 0 Å². The summed E-state index contributed by atoms with van der Waals surface area (Å²) in [6.07, 6.45) is 1.58. The Hall–Kier alpha value is -0.500. The lowest BCUT2D eigenvalue weighted by atomic mass is 10.1. The van der Waals surface area contributed by atoms with Gasteiger partial charge in [-0.25, -0.2) is 12.8 Å². The Bertz CT molecular complexity index is 599. The van der Waals surface area contributed by atoms with E-state index in [9.17, 15) is 12.8 Å². The molecule has 0 spiro atoms. The van der Waals surface area contributed by atoms with E-state index in [0.29, 0.717) is 24.7 Å². The zero-order valence-corrected chi connectivity index (χ0v) is 13.9. The van der Waals surface area contributed by atoms with Crippen LogP contribution in [0.4, 0.5) is 4.39 Å². The summed E-state index contributed by atoms with van der Waals surface area (Å²) in [4.78, 5) is 0.175. The summed E-state index contributed by atoms with van der Waals surface area (Å²) in [5, 5.41) is 3.17. The number of nitrogens with one attached hydrogen (secondary N) is 1. The van der Waals surface area contributed by atoms with E-state index in [-0.39, 0.29) is 9.37 Å². The third kappa shape index (κ3) is 3.05. The standard InChI is InChI=1S/C13H18BrFN2O2S/c1-9-7-12(15)11(14)8-13(9)20(18,19)17-5-3-10(16-2)4-6-17/h7-8,10,16H,3-6H2,1-2H3. The zero-order chi connectivity index (χ0) is 14.9. The van der Waals surface area contributed by atoms with Crippen molar-refractivity contribution >= 4 is 26.0 Å². The van der Waals surface area contributed by atoms with Gasteiger partial charge in [0.15, 0.2) is 0 Å². The van der Waals surface area contributed by atoms with Gasteiger partial charge >= 0.3 is 0 Å². The van der Waals surface area contributed by atoms with Crippen molar-refractivity contribution in [2.75, 3.05) is 20.1 Å². The number of hydrogen-bond acceptors (Lipinski definition) is 3. The number of hydrogen-bond donors (Lipinski definition) is 1. The number of sulfonamides is 1. The molecule has 112 valence electrons. The predicted octanol–water partition coefficient (Wildman–Crippen LogP) is 2.27. The molecule has 1 N–H and O–H groups in total. The molecule has 0 atom stereocenters. The quantitative estimate of drug-likeness (QED) is 0.894. The van der Waals surface area contributed by atoms with Crippen LogP contribution in [0.5, 0.6) is 0 Å². The predicted molar refractivity (Wildman–Crippen MR) is 79.7 cm³/mol. The third-order valence-electron chi connectivity index (χ3n) is 3.70. The first kappa shape index (κ1) is 15.9. The minimum Gasteiger partial charge on any atom is -0.317 e. The molecule has 0 amide bonds. The summed E-state index contributed by atoms with van der Waals surface area (Å²) < 4.78 is 40.3. The number of piperidine rings is 1. The molecule has 0 unspecified atom stereocenters. The molecule has 20 heavy (non-hydrogen) atoms. The van der Waals surface area contributed by atoms with Crippen molar-refractivity contribution in [3.05, 3.63) is 28.0 Å². The Kier molecular flexibility index (Phi) is 4.84. The van der Waals surface area contributed by atoms with E-state index in [4.69, 9.17) is 0 Å². The molecule has 7 heteroatoms. The minimum atomic E-state index is -3.55. The number of rotatable bonds is 3. The summed E-state index contributed by atoms with van der Waals surface area (Å²) >= 11 is 3.05. The second kappa shape index (κ2) is 6.09. The smallest absolute Gasteiger partial charge is 0.243 e. The van der Waals surface area contributed by atoms with Crippen LogP contribution >= 0.6 is 15.9 Å². The van der Waals surface area contributed by atoms with E-state index in [0.717, 1.165) is 12.8 Å². The molecule has 0 bridgehead atoms. The largest absolute Gasteiger partial charge is 0.317 e. The molecule has 1 aliphatic heterocycles. The van der Waals surface area contributed by atoms with Gasteiger partial charge in [0, 0.05) is 19.1 Å². The second-order valence-electron chi connectivity index (χ2n) is 5.00. The molecule has 1 heterocycles. The first-order valence-electron chi connectivity index (χ1n) is 6.49. The lowest BCUT2D eigenvalue weighted by molar-refractivity contribution is 0.298. The fraction of sp³-hybridized carbons (Fsp3) is 0.538. The van der Waals surface area contributed by atoms with Crippen molar-refractivity contribution < 1.29 is 12.8 Å². The van der Waals surface area contributed by atoms with Crippen molar-refractivity contribution in [2.24, 2.45) is 0 Å². The molecule has 0 radical (unpaired) electrons. The highest BCUT2D eigenvalue weighted by atomic mass is 79.9. The van der Waals surface area contributed by atoms with Crippen molar-refractivity contribution in [1.29, 1.82) is 0 Å². The van der Waals surface area contributed by atoms with Crippen molar-refractivity contribution in [2.45, 2.75) is 30.7 Å². The number of aryl methyl sites for hydroxylation is 1. The monoisotopic (exact) mass is 364 g/mol. The highest BCUT2D eigenvalue weighted by Gasteiger charge is 2.30. The number of halogens is 2. The van der Waals surface area contributed by atoms with E-state index in [1.54, 1.807) is 6.92 Å². The second-order valence-corrected chi connectivity index (χ2v) is 7.76. The average molecular weight is 365 g/mol. The van der Waals surface area contributed by atoms with Gasteiger partial charge in [-0.05, 0) is 60.4 Å². The highest BCUT2D eigenvalue weighted by molar-refractivity contribution is 9.10. The average Bonchev–Trinajstić information content (AvgIpc) is 2.42. The van der Waals surface area contributed by atoms with Crippen LogP contribution < -0.4 is 5.32 Å². The van der Waals surface area contributed by atoms with Gasteiger partial charge in [-0.3, -0.25) is 0 Å². The van der Waals surface area contributed by atoms with E-state index in [2.05, 4.69) is 21.2 Å². The summed E-state index contributed by atoms with van der Waals surface area (Å²) in [7, 11) is -1.67. The van der Waals surface area contributed by atoms with Crippen molar-refractivity contribution in [3.63, 3.8) is 0 Å². The highest BCUT2D eigenvalue weighted by Crippen LogP contribution is 2.28. The van der Waals surface area contributed by atoms with Gasteiger partial charge < -0.3 is 5.32 Å². The van der Waals surface area contributed by atoms with Gasteiger partial charge in [-0.1, -0.05) is 0 Å². The van der Waals surface area contributed by atoms with Crippen molar-refractivity contribution in [1.82, 2.24) is 9.62 Å². The van der Waals surface area contributed by atoms with E-state index in [1.807, 2.05) is 7.05 Å². The van der Waals surface area contributed by atoms with Crippen LogP contribution in [-0.4, -0.2) is 38.9 Å². The van der Waals surface area contributed by atoms with Gasteiger partial charge in [0.05, 0.1) is 9.37 Å². The van der Waals surface area contributed by atoms with Gasteiger partial charge in [0.2, 0.25) is 10.0 Å². The molecule has 1 aromatic carbocycles. The van der Waals surface area contributed by atoms with E-state index in [1.165, 1.54) is 16.4 Å².